The molecule has 0 heterocycles. The summed E-state index contributed by atoms with van der Waals surface area (Å²) in [7, 11) is 1.55. The number of methoxy groups -OCH3 is 1. The van der Waals surface area contributed by atoms with Crippen LogP contribution in [0.1, 0.15) is 25.3 Å². The van der Waals surface area contributed by atoms with Crippen molar-refractivity contribution in [3.63, 3.8) is 0 Å². The lowest BCUT2D eigenvalue weighted by molar-refractivity contribution is -0.116. The van der Waals surface area contributed by atoms with Crippen LogP contribution >= 0.6 is 0 Å². The summed E-state index contributed by atoms with van der Waals surface area (Å²) < 4.78 is 5.17. The van der Waals surface area contributed by atoms with Gasteiger partial charge in [0, 0.05) is 19.4 Å². The Morgan fingerprint density at radius 2 is 1.80 bits per heavy atom. The van der Waals surface area contributed by atoms with Crippen molar-refractivity contribution in [1.82, 2.24) is 0 Å². The van der Waals surface area contributed by atoms with Crippen LogP contribution in [0, 0.1) is 0 Å². The van der Waals surface area contributed by atoms with Crippen LogP contribution in [0.2, 0.25) is 0 Å². The predicted octanol–water partition coefficient (Wildman–Crippen LogP) is 4.09. The number of benzene rings is 2. The first-order valence-corrected chi connectivity index (χ1v) is 8.05. The van der Waals surface area contributed by atoms with Crippen molar-refractivity contribution < 1.29 is 14.3 Å². The molecular formula is C20H22N2O3. The van der Waals surface area contributed by atoms with Gasteiger partial charge in [-0.1, -0.05) is 42.5 Å². The molecule has 0 aliphatic heterocycles. The lowest BCUT2D eigenvalue weighted by atomic mass is 10.2. The molecule has 25 heavy (non-hydrogen) atoms. The number of allylic oxidation sites excluding steroid dienone is 1. The van der Waals surface area contributed by atoms with Gasteiger partial charge in [-0.15, -0.1) is 0 Å². The molecule has 0 saturated heterocycles. The first-order valence-electron chi connectivity index (χ1n) is 8.05. The van der Waals surface area contributed by atoms with Crippen molar-refractivity contribution in [1.29, 1.82) is 0 Å². The molecule has 0 aromatic heterocycles. The third-order valence-electron chi connectivity index (χ3n) is 3.46. The molecule has 2 aromatic rings. The van der Waals surface area contributed by atoms with Crippen molar-refractivity contribution >= 4 is 29.3 Å². The largest absolute Gasteiger partial charge is 0.497 e. The van der Waals surface area contributed by atoms with Crippen LogP contribution in [0.3, 0.4) is 0 Å². The Balaban J connectivity index is 1.94. The van der Waals surface area contributed by atoms with Crippen LogP contribution in [0.25, 0.3) is 6.08 Å². The number of hydrogen-bond donors (Lipinski definition) is 2. The fourth-order valence-corrected chi connectivity index (χ4v) is 2.26. The van der Waals surface area contributed by atoms with E-state index in [2.05, 4.69) is 10.6 Å². The van der Waals surface area contributed by atoms with Crippen molar-refractivity contribution in [2.75, 3.05) is 17.7 Å². The lowest BCUT2D eigenvalue weighted by Crippen LogP contribution is -2.14. The van der Waals surface area contributed by atoms with E-state index >= 15 is 0 Å². The Labute approximate surface area is 147 Å². The highest BCUT2D eigenvalue weighted by atomic mass is 16.5. The van der Waals surface area contributed by atoms with Crippen LogP contribution in [0.4, 0.5) is 11.4 Å². The standard InChI is InChI=1S/C20H22N2O3/c1-15(23)21-18-13-12-17(25-2)14-19(18)22-20(24)11-7-6-10-16-8-4-3-5-9-16/h3-6,8-10,12-14H,7,11H2,1-2H3,(H,21,23)(H,22,24)/b10-6+. The summed E-state index contributed by atoms with van der Waals surface area (Å²) >= 11 is 0. The molecule has 0 bridgehead atoms. The highest BCUT2D eigenvalue weighted by Gasteiger charge is 2.09. The van der Waals surface area contributed by atoms with Crippen LogP contribution in [0.5, 0.6) is 5.75 Å². The van der Waals surface area contributed by atoms with Gasteiger partial charge in [-0.05, 0) is 24.1 Å². The Hall–Kier alpha value is -3.08. The zero-order valence-corrected chi connectivity index (χ0v) is 14.4. The first kappa shape index (κ1) is 18.3. The average molecular weight is 338 g/mol. The van der Waals surface area contributed by atoms with Crippen LogP contribution in [-0.2, 0) is 9.59 Å². The maximum Gasteiger partial charge on any atom is 0.224 e. The highest BCUT2D eigenvalue weighted by molar-refractivity contribution is 5.99. The minimum Gasteiger partial charge on any atom is -0.497 e. The molecule has 0 aliphatic rings. The molecule has 0 saturated carbocycles. The molecule has 2 N–H and O–H groups in total. The van der Waals surface area contributed by atoms with E-state index in [-0.39, 0.29) is 11.8 Å². The zero-order valence-electron chi connectivity index (χ0n) is 14.4. The van der Waals surface area contributed by atoms with Gasteiger partial charge >= 0.3 is 0 Å². The highest BCUT2D eigenvalue weighted by Crippen LogP contribution is 2.27. The molecule has 130 valence electrons. The molecule has 0 unspecified atom stereocenters. The zero-order chi connectivity index (χ0) is 18.1. The van der Waals surface area contributed by atoms with E-state index in [1.807, 2.05) is 42.5 Å². The molecule has 0 atom stereocenters. The summed E-state index contributed by atoms with van der Waals surface area (Å²) in [5.74, 6) is 0.275. The van der Waals surface area contributed by atoms with Crippen LogP contribution < -0.4 is 15.4 Å². The Morgan fingerprint density at radius 1 is 1.04 bits per heavy atom. The van der Waals surface area contributed by atoms with Gasteiger partial charge in [-0.2, -0.15) is 0 Å². The molecule has 5 heteroatoms. The third-order valence-corrected chi connectivity index (χ3v) is 3.46. The van der Waals surface area contributed by atoms with Gasteiger partial charge in [0.1, 0.15) is 5.75 Å². The summed E-state index contributed by atoms with van der Waals surface area (Å²) in [6.45, 7) is 1.42. The molecule has 2 amide bonds. The van der Waals surface area contributed by atoms with Crippen molar-refractivity contribution in [2.24, 2.45) is 0 Å². The summed E-state index contributed by atoms with van der Waals surface area (Å²) in [5.41, 5.74) is 2.16. The van der Waals surface area contributed by atoms with E-state index in [4.69, 9.17) is 4.74 Å². The van der Waals surface area contributed by atoms with E-state index < -0.39 is 0 Å². The second-order valence-corrected chi connectivity index (χ2v) is 5.49. The minimum atomic E-state index is -0.202. The first-order chi connectivity index (χ1) is 12.1. The normalized spacial score (nSPS) is 10.5. The predicted molar refractivity (Wildman–Crippen MR) is 101 cm³/mol. The SMILES string of the molecule is COc1ccc(NC(C)=O)c(NC(=O)CC/C=C/c2ccccc2)c1. The van der Waals surface area contributed by atoms with Gasteiger partial charge in [0.05, 0.1) is 18.5 Å². The molecular weight excluding hydrogens is 316 g/mol. The Morgan fingerprint density at radius 3 is 2.48 bits per heavy atom. The lowest BCUT2D eigenvalue weighted by Gasteiger charge is -2.12. The Bertz CT molecular complexity index is 755. The monoisotopic (exact) mass is 338 g/mol. The molecule has 2 rings (SSSR count). The quantitative estimate of drug-likeness (QED) is 0.799. The number of carbonyl (C=O) groups excluding carboxylic acids is 2. The van der Waals surface area contributed by atoms with Gasteiger partial charge in [0.25, 0.3) is 0 Å². The van der Waals surface area contributed by atoms with Gasteiger partial charge in [-0.25, -0.2) is 0 Å². The molecule has 0 spiro atoms. The van der Waals surface area contributed by atoms with Crippen molar-refractivity contribution in [3.8, 4) is 5.75 Å². The number of anilines is 2. The fourth-order valence-electron chi connectivity index (χ4n) is 2.26. The van der Waals surface area contributed by atoms with E-state index in [0.717, 1.165) is 5.56 Å². The van der Waals surface area contributed by atoms with E-state index in [0.29, 0.717) is 30.0 Å². The number of rotatable bonds is 7. The molecule has 0 fully saturated rings. The van der Waals surface area contributed by atoms with Crippen LogP contribution in [-0.4, -0.2) is 18.9 Å². The van der Waals surface area contributed by atoms with E-state index in [1.54, 1.807) is 25.3 Å². The molecule has 0 aliphatic carbocycles. The second kappa shape index (κ2) is 9.27. The molecule has 0 radical (unpaired) electrons. The van der Waals surface area contributed by atoms with E-state index in [1.165, 1.54) is 6.92 Å². The topological polar surface area (TPSA) is 67.4 Å². The number of nitrogens with one attached hydrogen (secondary N) is 2. The summed E-state index contributed by atoms with van der Waals surface area (Å²) in [6, 6.07) is 15.0. The average Bonchev–Trinajstić information content (AvgIpc) is 2.61. The van der Waals surface area contributed by atoms with E-state index in [9.17, 15) is 9.59 Å². The number of amides is 2. The van der Waals surface area contributed by atoms with Gasteiger partial charge in [0.15, 0.2) is 0 Å². The minimum absolute atomic E-state index is 0.127. The van der Waals surface area contributed by atoms with Crippen LogP contribution in [0.15, 0.2) is 54.6 Å². The number of carbonyl (C=O) groups is 2. The number of ether oxygens (including phenoxy) is 1. The molecule has 5 nitrogen and oxygen atoms in total. The fraction of sp³-hybridized carbons (Fsp3) is 0.200. The summed E-state index contributed by atoms with van der Waals surface area (Å²) in [4.78, 5) is 23.4. The maximum absolute atomic E-state index is 12.2. The van der Waals surface area contributed by atoms with Gasteiger partial charge in [0.2, 0.25) is 11.8 Å². The van der Waals surface area contributed by atoms with Gasteiger partial charge < -0.3 is 15.4 Å². The Kier molecular flexibility index (Phi) is 6.77. The molecule has 2 aromatic carbocycles. The summed E-state index contributed by atoms with van der Waals surface area (Å²) in [5, 5.41) is 5.52. The smallest absolute Gasteiger partial charge is 0.224 e. The van der Waals surface area contributed by atoms with Gasteiger partial charge in [-0.3, -0.25) is 9.59 Å². The van der Waals surface area contributed by atoms with Crippen molar-refractivity contribution in [3.05, 3.63) is 60.2 Å². The second-order valence-electron chi connectivity index (χ2n) is 5.49. The third kappa shape index (κ3) is 6.14. The van der Waals surface area contributed by atoms with Crippen molar-refractivity contribution in [2.45, 2.75) is 19.8 Å². The maximum atomic E-state index is 12.2. The number of hydrogen-bond acceptors (Lipinski definition) is 3. The summed E-state index contributed by atoms with van der Waals surface area (Å²) in [6.07, 6.45) is 4.93.